The van der Waals surface area contributed by atoms with Gasteiger partial charge in [-0.3, -0.25) is 0 Å². The number of benzene rings is 2. The Morgan fingerprint density at radius 3 is 2.63 bits per heavy atom. The summed E-state index contributed by atoms with van der Waals surface area (Å²) in [6.45, 7) is 1.25. The SMILES string of the molecule is O=S(=O)(Cc1ccccc1C1CCOC1)NC(Cc1coc2ccccc12)B(O)O. The summed E-state index contributed by atoms with van der Waals surface area (Å²) in [6, 6.07) is 14.8. The Bertz CT molecular complexity index is 1110. The second-order valence-electron chi connectivity index (χ2n) is 7.62. The van der Waals surface area contributed by atoms with Crippen molar-refractivity contribution in [2.45, 2.75) is 30.5 Å². The second kappa shape index (κ2) is 8.91. The van der Waals surface area contributed by atoms with Crippen molar-refractivity contribution in [3.63, 3.8) is 0 Å². The van der Waals surface area contributed by atoms with Crippen molar-refractivity contribution in [3.8, 4) is 0 Å². The molecule has 2 atom stereocenters. The van der Waals surface area contributed by atoms with E-state index in [1.165, 1.54) is 6.26 Å². The summed E-state index contributed by atoms with van der Waals surface area (Å²) in [7, 11) is -5.68. The number of nitrogens with one attached hydrogen (secondary N) is 1. The van der Waals surface area contributed by atoms with Crippen LogP contribution in [0.3, 0.4) is 0 Å². The van der Waals surface area contributed by atoms with Crippen molar-refractivity contribution in [2.24, 2.45) is 0 Å². The first kappa shape index (κ1) is 21.1. The number of ether oxygens (including phenoxy) is 1. The lowest BCUT2D eigenvalue weighted by atomic mass is 9.77. The topological polar surface area (TPSA) is 109 Å². The summed E-state index contributed by atoms with van der Waals surface area (Å²) in [5.74, 6) is -1.17. The third-order valence-corrected chi connectivity index (χ3v) is 6.81. The van der Waals surface area contributed by atoms with Gasteiger partial charge in [0.05, 0.1) is 24.6 Å². The first-order chi connectivity index (χ1) is 14.4. The highest BCUT2D eigenvalue weighted by Crippen LogP contribution is 2.29. The molecule has 1 aromatic heterocycles. The molecule has 30 heavy (non-hydrogen) atoms. The number of hydrogen-bond acceptors (Lipinski definition) is 6. The minimum atomic E-state index is -3.83. The normalized spacial score (nSPS) is 18.0. The van der Waals surface area contributed by atoms with E-state index in [1.807, 2.05) is 30.3 Å². The number of sulfonamides is 1. The van der Waals surface area contributed by atoms with Crippen LogP contribution in [-0.2, 0) is 26.9 Å². The fourth-order valence-corrected chi connectivity index (χ4v) is 5.38. The van der Waals surface area contributed by atoms with Crippen molar-refractivity contribution in [3.05, 3.63) is 71.5 Å². The van der Waals surface area contributed by atoms with Crippen molar-refractivity contribution in [1.82, 2.24) is 4.72 Å². The predicted octanol–water partition coefficient (Wildman–Crippen LogP) is 1.98. The first-order valence-electron chi connectivity index (χ1n) is 9.90. The highest BCUT2D eigenvalue weighted by molar-refractivity contribution is 7.88. The summed E-state index contributed by atoms with van der Waals surface area (Å²) in [4.78, 5) is 0. The highest BCUT2D eigenvalue weighted by Gasteiger charge is 2.30. The van der Waals surface area contributed by atoms with Gasteiger partial charge in [-0.1, -0.05) is 42.5 Å². The van der Waals surface area contributed by atoms with E-state index in [4.69, 9.17) is 9.15 Å². The Morgan fingerprint density at radius 2 is 1.87 bits per heavy atom. The van der Waals surface area contributed by atoms with E-state index in [0.29, 0.717) is 29.9 Å². The fourth-order valence-electron chi connectivity index (χ4n) is 3.96. The molecule has 7 nitrogen and oxygen atoms in total. The quantitative estimate of drug-likeness (QED) is 0.473. The predicted molar refractivity (Wildman–Crippen MR) is 114 cm³/mol. The van der Waals surface area contributed by atoms with Gasteiger partial charge in [0, 0.05) is 17.9 Å². The average Bonchev–Trinajstić information content (AvgIpc) is 3.38. The molecule has 4 rings (SSSR count). The Labute approximate surface area is 175 Å². The maximum Gasteiger partial charge on any atom is 0.471 e. The van der Waals surface area contributed by atoms with Gasteiger partial charge in [0.15, 0.2) is 0 Å². The fraction of sp³-hybridized carbons (Fsp3) is 0.333. The standard InChI is InChI=1S/C21H24BNO6S/c24-22(25)21(11-17-13-29-20-8-4-3-7-19(17)20)23-30(26,27)14-16-5-1-2-6-18(16)15-9-10-28-12-15/h1-8,13,15,21,23-25H,9-12,14H2. The van der Waals surface area contributed by atoms with Crippen LogP contribution in [0, 0.1) is 0 Å². The van der Waals surface area contributed by atoms with E-state index >= 15 is 0 Å². The van der Waals surface area contributed by atoms with Gasteiger partial charge in [-0.05, 0) is 35.6 Å². The lowest BCUT2D eigenvalue weighted by Crippen LogP contribution is -2.48. The van der Waals surface area contributed by atoms with Crippen LogP contribution in [0.25, 0.3) is 11.0 Å². The number of para-hydroxylation sites is 1. The van der Waals surface area contributed by atoms with Crippen LogP contribution in [0.5, 0.6) is 0 Å². The molecule has 0 saturated carbocycles. The second-order valence-corrected chi connectivity index (χ2v) is 9.37. The highest BCUT2D eigenvalue weighted by atomic mass is 32.2. The van der Waals surface area contributed by atoms with Gasteiger partial charge in [-0.25, -0.2) is 13.1 Å². The molecule has 1 aliphatic rings. The van der Waals surface area contributed by atoms with Gasteiger partial charge in [-0.2, -0.15) is 0 Å². The summed E-state index contributed by atoms with van der Waals surface area (Å²) >= 11 is 0. The van der Waals surface area contributed by atoms with E-state index in [2.05, 4.69) is 4.72 Å². The van der Waals surface area contributed by atoms with Crippen LogP contribution < -0.4 is 4.72 Å². The van der Waals surface area contributed by atoms with E-state index in [0.717, 1.165) is 17.4 Å². The molecule has 158 valence electrons. The van der Waals surface area contributed by atoms with Crippen molar-refractivity contribution in [1.29, 1.82) is 0 Å². The minimum absolute atomic E-state index is 0.0893. The third-order valence-electron chi connectivity index (χ3n) is 5.46. The van der Waals surface area contributed by atoms with Gasteiger partial charge in [-0.15, -0.1) is 0 Å². The molecule has 3 aromatic rings. The number of fused-ring (bicyclic) bond motifs is 1. The zero-order valence-corrected chi connectivity index (χ0v) is 17.2. The van der Waals surface area contributed by atoms with Gasteiger partial charge in [0.1, 0.15) is 5.58 Å². The minimum Gasteiger partial charge on any atom is -0.464 e. The third kappa shape index (κ3) is 4.76. The van der Waals surface area contributed by atoms with Crippen LogP contribution in [0.1, 0.15) is 29.0 Å². The molecule has 1 fully saturated rings. The average molecular weight is 429 g/mol. The number of furan rings is 1. The molecule has 0 aliphatic carbocycles. The van der Waals surface area contributed by atoms with Crippen molar-refractivity contribution < 1.29 is 27.6 Å². The maximum atomic E-state index is 12.9. The first-order valence-corrected chi connectivity index (χ1v) is 11.5. The molecule has 2 unspecified atom stereocenters. The van der Waals surface area contributed by atoms with Crippen LogP contribution in [0.15, 0.2) is 59.2 Å². The van der Waals surface area contributed by atoms with Crippen molar-refractivity contribution >= 4 is 28.1 Å². The zero-order chi connectivity index (χ0) is 21.1. The zero-order valence-electron chi connectivity index (χ0n) is 16.4. The molecule has 0 spiro atoms. The van der Waals surface area contributed by atoms with Gasteiger partial charge < -0.3 is 19.2 Å². The van der Waals surface area contributed by atoms with Crippen molar-refractivity contribution in [2.75, 3.05) is 13.2 Å². The van der Waals surface area contributed by atoms with Crippen LogP contribution in [-0.4, -0.2) is 44.7 Å². The lowest BCUT2D eigenvalue weighted by molar-refractivity contribution is 0.194. The Morgan fingerprint density at radius 1 is 1.10 bits per heavy atom. The number of hydrogen-bond donors (Lipinski definition) is 3. The van der Waals surface area contributed by atoms with Gasteiger partial charge >= 0.3 is 7.12 Å². The van der Waals surface area contributed by atoms with Crippen LogP contribution in [0.2, 0.25) is 0 Å². The molecule has 2 heterocycles. The number of rotatable bonds is 8. The molecule has 2 aromatic carbocycles. The lowest BCUT2D eigenvalue weighted by Gasteiger charge is -2.19. The van der Waals surface area contributed by atoms with E-state index in [9.17, 15) is 18.5 Å². The molecule has 0 bridgehead atoms. The van der Waals surface area contributed by atoms with Gasteiger partial charge in [0.2, 0.25) is 10.0 Å². The van der Waals surface area contributed by atoms with Crippen LogP contribution in [0.4, 0.5) is 0 Å². The molecular weight excluding hydrogens is 405 g/mol. The molecular formula is C21H24BNO6S. The summed E-state index contributed by atoms with van der Waals surface area (Å²) in [5.41, 5.74) is 3.02. The van der Waals surface area contributed by atoms with E-state index < -0.39 is 23.1 Å². The van der Waals surface area contributed by atoms with Crippen LogP contribution >= 0.6 is 0 Å². The summed E-state index contributed by atoms with van der Waals surface area (Å²) < 4.78 is 39.2. The van der Waals surface area contributed by atoms with E-state index in [1.54, 1.807) is 18.2 Å². The largest absolute Gasteiger partial charge is 0.471 e. The smallest absolute Gasteiger partial charge is 0.464 e. The molecule has 3 N–H and O–H groups in total. The Balaban J connectivity index is 1.52. The molecule has 1 aliphatic heterocycles. The maximum absolute atomic E-state index is 12.9. The van der Waals surface area contributed by atoms with E-state index in [-0.39, 0.29) is 18.1 Å². The molecule has 1 saturated heterocycles. The summed E-state index contributed by atoms with van der Waals surface area (Å²) in [6.07, 6.45) is 2.46. The Kier molecular flexibility index (Phi) is 6.26. The van der Waals surface area contributed by atoms with Gasteiger partial charge in [0.25, 0.3) is 0 Å². The molecule has 9 heteroatoms. The Hall–Kier alpha value is -2.17. The molecule has 0 amide bonds. The monoisotopic (exact) mass is 429 g/mol. The molecule has 0 radical (unpaired) electrons. The summed E-state index contributed by atoms with van der Waals surface area (Å²) in [5, 5.41) is 20.5.